The third-order valence-electron chi connectivity index (χ3n) is 2.48. The van der Waals surface area contributed by atoms with Gasteiger partial charge in [-0.2, -0.15) is 4.31 Å². The smallest absolute Gasteiger partial charge is 0.246 e. The first-order chi connectivity index (χ1) is 8.57. The van der Waals surface area contributed by atoms with Crippen molar-refractivity contribution in [3.05, 3.63) is 18.5 Å². The van der Waals surface area contributed by atoms with Crippen molar-refractivity contribution in [2.24, 2.45) is 5.84 Å². The molecule has 102 valence electrons. The molecule has 1 aromatic rings. The van der Waals surface area contributed by atoms with Gasteiger partial charge < -0.3 is 10.5 Å². The molecule has 0 saturated carbocycles. The lowest BCUT2D eigenvalue weighted by molar-refractivity contribution is 0.271. The minimum Gasteiger partial charge on any atom is -0.396 e. The number of aromatic nitrogens is 1. The Morgan fingerprint density at radius 3 is 2.83 bits per heavy atom. The zero-order valence-corrected chi connectivity index (χ0v) is 11.0. The Bertz CT molecular complexity index is 478. The van der Waals surface area contributed by atoms with Crippen LogP contribution in [0.4, 0.5) is 5.69 Å². The van der Waals surface area contributed by atoms with Crippen LogP contribution in [0.1, 0.15) is 13.3 Å². The minimum absolute atomic E-state index is 0.0345. The van der Waals surface area contributed by atoms with E-state index in [0.29, 0.717) is 18.7 Å². The maximum atomic E-state index is 12.4. The summed E-state index contributed by atoms with van der Waals surface area (Å²) in [6.45, 7) is 2.26. The third kappa shape index (κ3) is 3.16. The summed E-state index contributed by atoms with van der Waals surface area (Å²) in [5.74, 6) is 5.29. The molecule has 18 heavy (non-hydrogen) atoms. The van der Waals surface area contributed by atoms with Crippen LogP contribution in [0.2, 0.25) is 0 Å². The molecule has 0 aliphatic rings. The van der Waals surface area contributed by atoms with E-state index in [2.05, 4.69) is 10.4 Å². The summed E-state index contributed by atoms with van der Waals surface area (Å²) in [7, 11) is -3.65. The van der Waals surface area contributed by atoms with Crippen LogP contribution < -0.4 is 11.3 Å². The fourth-order valence-electron chi connectivity index (χ4n) is 1.54. The van der Waals surface area contributed by atoms with E-state index in [1.165, 1.54) is 22.8 Å². The molecule has 0 aliphatic heterocycles. The fraction of sp³-hybridized carbons (Fsp3) is 0.500. The third-order valence-corrected chi connectivity index (χ3v) is 4.48. The number of aliphatic hydroxyl groups excluding tert-OH is 1. The van der Waals surface area contributed by atoms with E-state index in [1.54, 1.807) is 6.92 Å². The average molecular weight is 274 g/mol. The number of nitrogens with two attached hydrogens (primary N) is 1. The van der Waals surface area contributed by atoms with E-state index in [4.69, 9.17) is 10.9 Å². The number of anilines is 1. The van der Waals surface area contributed by atoms with Crippen LogP contribution in [0.3, 0.4) is 0 Å². The first-order valence-electron chi connectivity index (χ1n) is 5.59. The van der Waals surface area contributed by atoms with Crippen molar-refractivity contribution in [3.8, 4) is 0 Å². The Morgan fingerprint density at radius 1 is 1.56 bits per heavy atom. The van der Waals surface area contributed by atoms with E-state index in [-0.39, 0.29) is 18.0 Å². The molecule has 0 unspecified atom stereocenters. The molecule has 4 N–H and O–H groups in total. The Morgan fingerprint density at radius 2 is 2.28 bits per heavy atom. The van der Waals surface area contributed by atoms with Gasteiger partial charge in [-0.15, -0.1) is 0 Å². The topological polar surface area (TPSA) is 109 Å². The molecule has 0 amide bonds. The number of nitrogens with one attached hydrogen (secondary N) is 1. The molecule has 7 nitrogen and oxygen atoms in total. The van der Waals surface area contributed by atoms with Crippen molar-refractivity contribution in [1.29, 1.82) is 0 Å². The van der Waals surface area contributed by atoms with E-state index in [0.717, 1.165) is 0 Å². The molecule has 8 heteroatoms. The Labute approximate surface area is 107 Å². The molecule has 0 fully saturated rings. The fourth-order valence-corrected chi connectivity index (χ4v) is 3.13. The van der Waals surface area contributed by atoms with E-state index in [9.17, 15) is 8.42 Å². The van der Waals surface area contributed by atoms with Crippen LogP contribution in [-0.4, -0.2) is 42.5 Å². The largest absolute Gasteiger partial charge is 0.396 e. The van der Waals surface area contributed by atoms with Crippen molar-refractivity contribution in [2.45, 2.75) is 18.2 Å². The van der Waals surface area contributed by atoms with Gasteiger partial charge in [0.2, 0.25) is 10.0 Å². The number of aliphatic hydroxyl groups is 1. The van der Waals surface area contributed by atoms with Gasteiger partial charge in [0.15, 0.2) is 0 Å². The second-order valence-electron chi connectivity index (χ2n) is 3.59. The van der Waals surface area contributed by atoms with Crippen LogP contribution in [0.15, 0.2) is 23.4 Å². The Hall–Kier alpha value is -1.22. The second kappa shape index (κ2) is 6.64. The number of rotatable bonds is 7. The molecule has 0 aromatic carbocycles. The molecule has 1 rings (SSSR count). The normalized spacial score (nSPS) is 11.8. The van der Waals surface area contributed by atoms with Crippen molar-refractivity contribution in [2.75, 3.05) is 25.1 Å². The molecule has 0 bridgehead atoms. The Kier molecular flexibility index (Phi) is 5.48. The molecule has 0 spiro atoms. The SMILES string of the molecule is CCN(CCCO)S(=O)(=O)c1cnccc1NN. The first-order valence-corrected chi connectivity index (χ1v) is 7.03. The van der Waals surface area contributed by atoms with Crippen molar-refractivity contribution >= 4 is 15.7 Å². The molecule has 1 aromatic heterocycles. The highest BCUT2D eigenvalue weighted by Gasteiger charge is 2.25. The average Bonchev–Trinajstić information content (AvgIpc) is 2.39. The summed E-state index contributed by atoms with van der Waals surface area (Å²) in [5.41, 5.74) is 2.64. The van der Waals surface area contributed by atoms with Crippen LogP contribution in [0, 0.1) is 0 Å². The zero-order chi connectivity index (χ0) is 13.6. The lowest BCUT2D eigenvalue weighted by atomic mass is 10.4. The molecule has 0 atom stereocenters. The quantitative estimate of drug-likeness (QED) is 0.468. The molecule has 1 heterocycles. The van der Waals surface area contributed by atoms with Crippen LogP contribution in [-0.2, 0) is 10.0 Å². The predicted octanol–water partition coefficient (Wildman–Crippen LogP) is -0.240. The second-order valence-corrected chi connectivity index (χ2v) is 5.50. The maximum absolute atomic E-state index is 12.4. The van der Waals surface area contributed by atoms with Gasteiger partial charge in [0.05, 0.1) is 5.69 Å². The summed E-state index contributed by atoms with van der Waals surface area (Å²) in [6.07, 6.45) is 3.10. The van der Waals surface area contributed by atoms with Gasteiger partial charge in [-0.25, -0.2) is 8.42 Å². The molecular formula is C10H18N4O3S. The van der Waals surface area contributed by atoms with Gasteiger partial charge in [0.25, 0.3) is 0 Å². The first kappa shape index (κ1) is 14.8. The Balaban J connectivity index is 3.10. The van der Waals surface area contributed by atoms with Crippen molar-refractivity contribution < 1.29 is 13.5 Å². The van der Waals surface area contributed by atoms with Crippen LogP contribution in [0.25, 0.3) is 0 Å². The van der Waals surface area contributed by atoms with Gasteiger partial charge >= 0.3 is 0 Å². The lowest BCUT2D eigenvalue weighted by Crippen LogP contribution is -2.33. The van der Waals surface area contributed by atoms with Crippen molar-refractivity contribution in [1.82, 2.24) is 9.29 Å². The highest BCUT2D eigenvalue weighted by molar-refractivity contribution is 7.89. The standard InChI is InChI=1S/C10H18N4O3S/c1-2-14(6-3-7-15)18(16,17)10-8-12-5-4-9(10)13-11/h4-5,8,15H,2-3,6-7,11H2,1H3,(H,12,13). The van der Waals surface area contributed by atoms with E-state index in [1.807, 2.05) is 0 Å². The highest BCUT2D eigenvalue weighted by atomic mass is 32.2. The molecule has 0 saturated heterocycles. The maximum Gasteiger partial charge on any atom is 0.246 e. The number of pyridine rings is 1. The summed E-state index contributed by atoms with van der Waals surface area (Å²) in [6, 6.07) is 1.49. The number of nitrogens with zero attached hydrogens (tertiary/aromatic N) is 2. The number of hydrogen-bond donors (Lipinski definition) is 3. The van der Waals surface area contributed by atoms with Crippen LogP contribution >= 0.6 is 0 Å². The predicted molar refractivity (Wildman–Crippen MR) is 68.2 cm³/mol. The summed E-state index contributed by atoms with van der Waals surface area (Å²) >= 11 is 0. The van der Waals surface area contributed by atoms with Gasteiger partial charge in [0.1, 0.15) is 4.90 Å². The van der Waals surface area contributed by atoms with E-state index < -0.39 is 10.0 Å². The van der Waals surface area contributed by atoms with Gasteiger partial charge in [-0.1, -0.05) is 6.92 Å². The zero-order valence-electron chi connectivity index (χ0n) is 10.2. The van der Waals surface area contributed by atoms with Gasteiger partial charge in [-0.3, -0.25) is 10.8 Å². The number of nitrogen functional groups attached to an aromatic ring is 1. The summed E-state index contributed by atoms with van der Waals surface area (Å²) < 4.78 is 26.0. The van der Waals surface area contributed by atoms with Crippen LogP contribution in [0.5, 0.6) is 0 Å². The summed E-state index contributed by atoms with van der Waals surface area (Å²) in [5, 5.41) is 8.78. The molecular weight excluding hydrogens is 256 g/mol. The lowest BCUT2D eigenvalue weighted by Gasteiger charge is -2.21. The molecule has 0 radical (unpaired) electrons. The van der Waals surface area contributed by atoms with Gasteiger partial charge in [0, 0.05) is 32.1 Å². The number of hydrazine groups is 1. The number of sulfonamides is 1. The highest BCUT2D eigenvalue weighted by Crippen LogP contribution is 2.22. The number of hydrogen-bond acceptors (Lipinski definition) is 6. The molecule has 0 aliphatic carbocycles. The van der Waals surface area contributed by atoms with E-state index >= 15 is 0 Å². The van der Waals surface area contributed by atoms with Crippen molar-refractivity contribution in [3.63, 3.8) is 0 Å². The summed E-state index contributed by atoms with van der Waals surface area (Å²) in [4.78, 5) is 3.84. The minimum atomic E-state index is -3.65. The monoisotopic (exact) mass is 274 g/mol. The van der Waals surface area contributed by atoms with Gasteiger partial charge in [-0.05, 0) is 12.5 Å².